The fraction of sp³-hybridized carbons (Fsp3) is 0.562. The van der Waals surface area contributed by atoms with Crippen LogP contribution in [0.4, 0.5) is 4.39 Å². The summed E-state index contributed by atoms with van der Waals surface area (Å²) in [5.41, 5.74) is 2.40. The van der Waals surface area contributed by atoms with Crippen molar-refractivity contribution < 1.29 is 17.6 Å². The lowest BCUT2D eigenvalue weighted by atomic mass is 10.1. The molecule has 1 heterocycles. The number of rotatable bonds is 6. The number of sulfonamides is 1. The summed E-state index contributed by atoms with van der Waals surface area (Å²) in [4.78, 5) is 12.2. The van der Waals surface area contributed by atoms with Crippen LogP contribution >= 0.6 is 0 Å². The number of hydrogen-bond acceptors (Lipinski definition) is 4. The number of carbonyl (C=O) groups excluding carboxylic acids is 1. The molecule has 0 unspecified atom stereocenters. The van der Waals surface area contributed by atoms with Gasteiger partial charge in [0.15, 0.2) is 0 Å². The summed E-state index contributed by atoms with van der Waals surface area (Å²) in [7, 11) is -3.73. The van der Waals surface area contributed by atoms with E-state index in [1.54, 1.807) is 18.9 Å². The Hall–Kier alpha value is -1.51. The zero-order valence-electron chi connectivity index (χ0n) is 14.1. The second-order valence-electron chi connectivity index (χ2n) is 5.72. The average molecular weight is 357 g/mol. The third-order valence-corrected chi connectivity index (χ3v) is 6.19. The molecule has 1 aliphatic heterocycles. The van der Waals surface area contributed by atoms with Crippen molar-refractivity contribution in [2.75, 3.05) is 26.2 Å². The lowest BCUT2D eigenvalue weighted by Gasteiger charge is -2.27. The Kier molecular flexibility index (Phi) is 6.31. The molecule has 0 radical (unpaired) electrons. The monoisotopic (exact) mass is 357 g/mol. The molecule has 0 spiro atoms. The Morgan fingerprint density at radius 3 is 2.42 bits per heavy atom. The van der Waals surface area contributed by atoms with E-state index in [1.165, 1.54) is 10.4 Å². The van der Waals surface area contributed by atoms with E-state index >= 15 is 0 Å². The molecule has 134 valence electrons. The highest BCUT2D eigenvalue weighted by atomic mass is 32.2. The van der Waals surface area contributed by atoms with E-state index in [-0.39, 0.29) is 10.5 Å². The number of amides is 1. The predicted octanol–water partition coefficient (Wildman–Crippen LogP) is 1.99. The van der Waals surface area contributed by atoms with Gasteiger partial charge in [0, 0.05) is 26.2 Å². The molecule has 0 aliphatic carbocycles. The van der Waals surface area contributed by atoms with Gasteiger partial charge in [-0.25, -0.2) is 17.8 Å². The van der Waals surface area contributed by atoms with E-state index in [2.05, 4.69) is 5.43 Å². The minimum absolute atomic E-state index is 0.0728. The Labute approximate surface area is 142 Å². The number of carbonyl (C=O) groups is 1. The Morgan fingerprint density at radius 1 is 1.21 bits per heavy atom. The highest BCUT2D eigenvalue weighted by molar-refractivity contribution is 7.89. The first kappa shape index (κ1) is 18.8. The number of hydrazine groups is 1. The third-order valence-electron chi connectivity index (χ3n) is 4.14. The van der Waals surface area contributed by atoms with Crippen LogP contribution < -0.4 is 5.43 Å². The molecule has 8 heteroatoms. The van der Waals surface area contributed by atoms with E-state index < -0.39 is 21.7 Å². The zero-order chi connectivity index (χ0) is 17.7. The number of halogens is 1. The van der Waals surface area contributed by atoms with Gasteiger partial charge in [0.05, 0.1) is 10.5 Å². The largest absolute Gasteiger partial charge is 0.285 e. The average Bonchev–Trinajstić information content (AvgIpc) is 2.56. The molecule has 2 rings (SSSR count). The van der Waals surface area contributed by atoms with Gasteiger partial charge < -0.3 is 0 Å². The van der Waals surface area contributed by atoms with Crippen molar-refractivity contribution in [1.29, 1.82) is 0 Å². The molecule has 1 aromatic carbocycles. The van der Waals surface area contributed by atoms with Crippen LogP contribution in [-0.4, -0.2) is 49.8 Å². The van der Waals surface area contributed by atoms with Gasteiger partial charge in [0.25, 0.3) is 5.91 Å². The molecular weight excluding hydrogens is 333 g/mol. The lowest BCUT2D eigenvalue weighted by molar-refractivity contribution is 0.0745. The SMILES string of the molecule is CCN(CC)S(=O)(=O)c1ccc(F)c(C(=O)NN2CCCCC2)c1. The normalized spacial score (nSPS) is 16.3. The molecule has 6 nitrogen and oxygen atoms in total. The Balaban J connectivity index is 2.26. The van der Waals surface area contributed by atoms with Crippen LogP contribution in [0, 0.1) is 5.82 Å². The molecule has 0 bridgehead atoms. The van der Waals surface area contributed by atoms with Crippen LogP contribution in [-0.2, 0) is 10.0 Å². The number of nitrogens with zero attached hydrogens (tertiary/aromatic N) is 2. The van der Waals surface area contributed by atoms with Crippen molar-refractivity contribution >= 4 is 15.9 Å². The van der Waals surface area contributed by atoms with Crippen molar-refractivity contribution in [2.45, 2.75) is 38.0 Å². The summed E-state index contributed by atoms with van der Waals surface area (Å²) >= 11 is 0. The number of nitrogens with one attached hydrogen (secondary N) is 1. The van der Waals surface area contributed by atoms with E-state index in [1.807, 2.05) is 0 Å². The molecule has 1 amide bonds. The van der Waals surface area contributed by atoms with Gasteiger partial charge in [0.2, 0.25) is 10.0 Å². The fourth-order valence-electron chi connectivity index (χ4n) is 2.76. The van der Waals surface area contributed by atoms with Crippen molar-refractivity contribution in [3.05, 3.63) is 29.6 Å². The number of hydrogen-bond donors (Lipinski definition) is 1. The highest BCUT2D eigenvalue weighted by Crippen LogP contribution is 2.19. The molecule has 1 N–H and O–H groups in total. The molecule has 24 heavy (non-hydrogen) atoms. The van der Waals surface area contributed by atoms with Crippen molar-refractivity contribution in [2.24, 2.45) is 0 Å². The van der Waals surface area contributed by atoms with Gasteiger partial charge in [-0.15, -0.1) is 0 Å². The molecule has 0 saturated carbocycles. The maximum absolute atomic E-state index is 14.0. The third kappa shape index (κ3) is 4.12. The Morgan fingerprint density at radius 2 is 1.83 bits per heavy atom. The predicted molar refractivity (Wildman–Crippen MR) is 89.4 cm³/mol. The summed E-state index contributed by atoms with van der Waals surface area (Å²) in [6, 6.07) is 3.34. The maximum Gasteiger partial charge on any atom is 0.268 e. The molecule has 0 atom stereocenters. The van der Waals surface area contributed by atoms with Gasteiger partial charge in [-0.05, 0) is 31.0 Å². The minimum atomic E-state index is -3.73. The molecule has 1 saturated heterocycles. The van der Waals surface area contributed by atoms with E-state index in [9.17, 15) is 17.6 Å². The summed E-state index contributed by atoms with van der Waals surface area (Å²) in [6.07, 6.45) is 3.05. The second-order valence-corrected chi connectivity index (χ2v) is 7.66. The summed E-state index contributed by atoms with van der Waals surface area (Å²) in [5, 5.41) is 1.75. The summed E-state index contributed by atoms with van der Waals surface area (Å²) in [5.74, 6) is -1.35. The first-order valence-electron chi connectivity index (χ1n) is 8.25. The van der Waals surface area contributed by atoms with Gasteiger partial charge in [-0.3, -0.25) is 10.2 Å². The number of piperidine rings is 1. The second kappa shape index (κ2) is 8.04. The molecule has 1 aromatic rings. The van der Waals surface area contributed by atoms with Gasteiger partial charge in [0.1, 0.15) is 5.82 Å². The van der Waals surface area contributed by atoms with Gasteiger partial charge >= 0.3 is 0 Å². The molecule has 1 fully saturated rings. The maximum atomic E-state index is 14.0. The van der Waals surface area contributed by atoms with E-state index in [4.69, 9.17) is 0 Å². The highest BCUT2D eigenvalue weighted by Gasteiger charge is 2.25. The Bertz CT molecular complexity index is 684. The zero-order valence-corrected chi connectivity index (χ0v) is 14.9. The van der Waals surface area contributed by atoms with Crippen molar-refractivity contribution in [3.63, 3.8) is 0 Å². The van der Waals surface area contributed by atoms with Crippen molar-refractivity contribution in [3.8, 4) is 0 Å². The fourth-order valence-corrected chi connectivity index (χ4v) is 4.25. The van der Waals surface area contributed by atoms with Crippen LogP contribution in [0.15, 0.2) is 23.1 Å². The first-order valence-corrected chi connectivity index (χ1v) is 9.69. The molecular formula is C16H24FN3O3S. The van der Waals surface area contributed by atoms with Crippen LogP contribution in [0.2, 0.25) is 0 Å². The smallest absolute Gasteiger partial charge is 0.268 e. The number of benzene rings is 1. The molecule has 0 aromatic heterocycles. The topological polar surface area (TPSA) is 69.7 Å². The summed E-state index contributed by atoms with van der Waals surface area (Å²) in [6.45, 7) is 5.51. The standard InChI is InChI=1S/C16H24FN3O3S/c1-3-20(4-2)24(22,23)13-8-9-15(17)14(12-13)16(21)18-19-10-6-5-7-11-19/h8-9,12H,3-7,10-11H2,1-2H3,(H,18,21). The van der Waals surface area contributed by atoms with Gasteiger partial charge in [-0.1, -0.05) is 20.3 Å². The van der Waals surface area contributed by atoms with Crippen LogP contribution in [0.25, 0.3) is 0 Å². The van der Waals surface area contributed by atoms with Crippen LogP contribution in [0.1, 0.15) is 43.5 Å². The van der Waals surface area contributed by atoms with Crippen LogP contribution in [0.3, 0.4) is 0 Å². The minimum Gasteiger partial charge on any atom is -0.285 e. The first-order chi connectivity index (χ1) is 11.4. The lowest BCUT2D eigenvalue weighted by Crippen LogP contribution is -2.45. The van der Waals surface area contributed by atoms with E-state index in [0.29, 0.717) is 26.2 Å². The van der Waals surface area contributed by atoms with Crippen molar-refractivity contribution in [1.82, 2.24) is 14.7 Å². The summed E-state index contributed by atoms with van der Waals surface area (Å²) < 4.78 is 40.4. The molecule has 1 aliphatic rings. The van der Waals surface area contributed by atoms with Crippen LogP contribution in [0.5, 0.6) is 0 Å². The van der Waals surface area contributed by atoms with E-state index in [0.717, 1.165) is 31.4 Å². The van der Waals surface area contributed by atoms with Gasteiger partial charge in [-0.2, -0.15) is 4.31 Å². The quantitative estimate of drug-likeness (QED) is 0.845.